The van der Waals surface area contributed by atoms with Gasteiger partial charge >= 0.3 is 0 Å². The maximum Gasteiger partial charge on any atom is 0.271 e. The van der Waals surface area contributed by atoms with Crippen molar-refractivity contribution in [1.82, 2.24) is 5.43 Å². The van der Waals surface area contributed by atoms with Crippen LogP contribution in [0.2, 0.25) is 0 Å². The summed E-state index contributed by atoms with van der Waals surface area (Å²) in [4.78, 5) is 12.2. The zero-order valence-electron chi connectivity index (χ0n) is 16.7. The van der Waals surface area contributed by atoms with E-state index in [1.807, 2.05) is 67.6 Å². The van der Waals surface area contributed by atoms with Gasteiger partial charge in [0.2, 0.25) is 0 Å². The number of ether oxygens (including phenoxy) is 1. The fourth-order valence-corrected chi connectivity index (χ4v) is 3.06. The third-order valence-corrected chi connectivity index (χ3v) is 4.80. The second-order valence-electron chi connectivity index (χ2n) is 7.10. The molecule has 0 fully saturated rings. The van der Waals surface area contributed by atoms with Crippen LogP contribution in [0.3, 0.4) is 0 Å². The predicted molar refractivity (Wildman–Crippen MR) is 121 cm³/mol. The van der Waals surface area contributed by atoms with Crippen LogP contribution in [0.4, 0.5) is 0 Å². The number of carbonyl (C=O) groups is 1. The van der Waals surface area contributed by atoms with Gasteiger partial charge in [0.05, 0.1) is 6.21 Å². The highest BCUT2D eigenvalue weighted by Gasteiger charge is 2.05. The fraction of sp³-hybridized carbons (Fsp3) is 0.0769. The number of aryl methyl sites for hydroxylation is 1. The highest BCUT2D eigenvalue weighted by molar-refractivity contribution is 5.94. The first-order valence-corrected chi connectivity index (χ1v) is 9.78. The van der Waals surface area contributed by atoms with E-state index in [1.165, 1.54) is 10.9 Å². The summed E-state index contributed by atoms with van der Waals surface area (Å²) in [6.07, 6.45) is 1.63. The maximum absolute atomic E-state index is 12.2. The number of rotatable bonds is 6. The summed E-state index contributed by atoms with van der Waals surface area (Å²) in [6, 6.07) is 29.5. The number of hydrogen-bond acceptors (Lipinski definition) is 3. The molecule has 0 radical (unpaired) electrons. The second kappa shape index (κ2) is 9.05. The number of benzene rings is 4. The highest BCUT2D eigenvalue weighted by atomic mass is 16.5. The average Bonchev–Trinajstić information content (AvgIpc) is 2.79. The number of nitrogens with one attached hydrogen (secondary N) is 1. The van der Waals surface area contributed by atoms with Crippen molar-refractivity contribution in [3.63, 3.8) is 0 Å². The molecule has 4 aromatic rings. The van der Waals surface area contributed by atoms with Gasteiger partial charge in [-0.3, -0.25) is 4.79 Å². The topological polar surface area (TPSA) is 50.7 Å². The smallest absolute Gasteiger partial charge is 0.271 e. The van der Waals surface area contributed by atoms with E-state index in [0.717, 1.165) is 22.3 Å². The SMILES string of the molecule is Cc1ccc(/C=N\NC(=O)c2ccc(COc3ccc4ccccc4c3)cc2)cc1. The molecular weight excluding hydrogens is 372 g/mol. The third kappa shape index (κ3) is 4.92. The molecule has 0 heterocycles. The first-order valence-electron chi connectivity index (χ1n) is 9.78. The van der Waals surface area contributed by atoms with Gasteiger partial charge in [-0.15, -0.1) is 0 Å². The number of nitrogens with zero attached hydrogens (tertiary/aromatic N) is 1. The molecule has 0 saturated heterocycles. The monoisotopic (exact) mass is 394 g/mol. The van der Waals surface area contributed by atoms with Crippen LogP contribution < -0.4 is 10.2 Å². The van der Waals surface area contributed by atoms with E-state index in [0.29, 0.717) is 12.2 Å². The minimum Gasteiger partial charge on any atom is -0.489 e. The summed E-state index contributed by atoms with van der Waals surface area (Å²) < 4.78 is 5.90. The summed E-state index contributed by atoms with van der Waals surface area (Å²) in [5.74, 6) is 0.571. The van der Waals surface area contributed by atoms with Crippen molar-refractivity contribution in [1.29, 1.82) is 0 Å². The minimum absolute atomic E-state index is 0.250. The molecule has 4 nitrogen and oxygen atoms in total. The molecule has 0 saturated carbocycles. The number of hydrazone groups is 1. The highest BCUT2D eigenvalue weighted by Crippen LogP contribution is 2.21. The van der Waals surface area contributed by atoms with Crippen LogP contribution in [-0.4, -0.2) is 12.1 Å². The first kappa shape index (κ1) is 19.4. The quantitative estimate of drug-likeness (QED) is 0.347. The summed E-state index contributed by atoms with van der Waals surface area (Å²) in [5.41, 5.74) is 6.21. The van der Waals surface area contributed by atoms with Crippen molar-refractivity contribution in [2.24, 2.45) is 5.10 Å². The molecule has 0 spiro atoms. The van der Waals surface area contributed by atoms with Crippen LogP contribution in [0.25, 0.3) is 10.8 Å². The van der Waals surface area contributed by atoms with Gasteiger partial charge in [0.25, 0.3) is 5.91 Å². The van der Waals surface area contributed by atoms with Gasteiger partial charge in [-0.2, -0.15) is 5.10 Å². The Morgan fingerprint density at radius 2 is 1.63 bits per heavy atom. The zero-order chi connectivity index (χ0) is 20.8. The van der Waals surface area contributed by atoms with Crippen LogP contribution in [0.5, 0.6) is 5.75 Å². The molecule has 1 amide bonds. The summed E-state index contributed by atoms with van der Waals surface area (Å²) in [6.45, 7) is 2.46. The van der Waals surface area contributed by atoms with Gasteiger partial charge in [0.15, 0.2) is 0 Å². The number of amides is 1. The van der Waals surface area contributed by atoms with E-state index in [9.17, 15) is 4.79 Å². The molecule has 4 aromatic carbocycles. The van der Waals surface area contributed by atoms with Gasteiger partial charge in [-0.1, -0.05) is 72.3 Å². The Hall–Kier alpha value is -3.92. The Labute approximate surface area is 175 Å². The normalized spacial score (nSPS) is 11.0. The van der Waals surface area contributed by atoms with E-state index in [1.54, 1.807) is 18.3 Å². The van der Waals surface area contributed by atoms with Crippen molar-refractivity contribution in [2.75, 3.05) is 0 Å². The number of hydrogen-bond donors (Lipinski definition) is 1. The fourth-order valence-electron chi connectivity index (χ4n) is 3.06. The molecule has 0 atom stereocenters. The van der Waals surface area contributed by atoms with Crippen LogP contribution in [0.15, 0.2) is 96.1 Å². The molecule has 1 N–H and O–H groups in total. The number of fused-ring (bicyclic) bond motifs is 1. The molecule has 0 aliphatic carbocycles. The number of carbonyl (C=O) groups excluding carboxylic acids is 1. The molecule has 0 bridgehead atoms. The lowest BCUT2D eigenvalue weighted by Gasteiger charge is -2.08. The van der Waals surface area contributed by atoms with Crippen molar-refractivity contribution < 1.29 is 9.53 Å². The Morgan fingerprint density at radius 3 is 2.40 bits per heavy atom. The maximum atomic E-state index is 12.2. The second-order valence-corrected chi connectivity index (χ2v) is 7.10. The Morgan fingerprint density at radius 1 is 0.900 bits per heavy atom. The van der Waals surface area contributed by atoms with Gasteiger partial charge in [0, 0.05) is 5.56 Å². The lowest BCUT2D eigenvalue weighted by atomic mass is 10.1. The van der Waals surface area contributed by atoms with Gasteiger partial charge < -0.3 is 4.74 Å². The molecule has 30 heavy (non-hydrogen) atoms. The summed E-state index contributed by atoms with van der Waals surface area (Å²) >= 11 is 0. The van der Waals surface area contributed by atoms with Crippen molar-refractivity contribution >= 4 is 22.9 Å². The molecule has 0 aromatic heterocycles. The first-order chi connectivity index (χ1) is 14.7. The molecule has 4 heteroatoms. The van der Waals surface area contributed by atoms with Crippen LogP contribution in [0.1, 0.15) is 27.0 Å². The van der Waals surface area contributed by atoms with Crippen molar-refractivity contribution in [3.05, 3.63) is 113 Å². The van der Waals surface area contributed by atoms with Gasteiger partial charge in [-0.25, -0.2) is 5.43 Å². The van der Waals surface area contributed by atoms with Gasteiger partial charge in [-0.05, 0) is 53.1 Å². The van der Waals surface area contributed by atoms with Crippen LogP contribution in [-0.2, 0) is 6.61 Å². The lowest BCUT2D eigenvalue weighted by Crippen LogP contribution is -2.17. The van der Waals surface area contributed by atoms with E-state index in [-0.39, 0.29) is 5.91 Å². The molecule has 0 aliphatic heterocycles. The standard InChI is InChI=1S/C26H22N2O2/c1-19-6-8-20(9-7-19)17-27-28-26(29)23-12-10-21(11-13-23)18-30-25-15-14-22-4-2-3-5-24(22)16-25/h2-17H,18H2,1H3,(H,28,29)/b27-17-. The molecule has 0 unspecified atom stereocenters. The van der Waals surface area contributed by atoms with E-state index in [4.69, 9.17) is 4.74 Å². The molecule has 148 valence electrons. The van der Waals surface area contributed by atoms with E-state index >= 15 is 0 Å². The Kier molecular flexibility index (Phi) is 5.85. The van der Waals surface area contributed by atoms with E-state index < -0.39 is 0 Å². The average molecular weight is 394 g/mol. The molecule has 0 aliphatic rings. The molecular formula is C26H22N2O2. The Bertz CT molecular complexity index is 1180. The van der Waals surface area contributed by atoms with Gasteiger partial charge in [0.1, 0.15) is 12.4 Å². The largest absolute Gasteiger partial charge is 0.489 e. The van der Waals surface area contributed by atoms with Crippen LogP contribution >= 0.6 is 0 Å². The summed E-state index contributed by atoms with van der Waals surface area (Å²) in [5, 5.41) is 6.35. The summed E-state index contributed by atoms with van der Waals surface area (Å²) in [7, 11) is 0. The lowest BCUT2D eigenvalue weighted by molar-refractivity contribution is 0.0955. The van der Waals surface area contributed by atoms with Crippen molar-refractivity contribution in [3.8, 4) is 5.75 Å². The third-order valence-electron chi connectivity index (χ3n) is 4.80. The molecule has 4 rings (SSSR count). The van der Waals surface area contributed by atoms with E-state index in [2.05, 4.69) is 28.7 Å². The zero-order valence-corrected chi connectivity index (χ0v) is 16.7. The van der Waals surface area contributed by atoms with Crippen molar-refractivity contribution in [2.45, 2.75) is 13.5 Å². The predicted octanol–water partition coefficient (Wildman–Crippen LogP) is 5.49. The Balaban J connectivity index is 1.32. The minimum atomic E-state index is -0.250. The van der Waals surface area contributed by atoms with Crippen LogP contribution in [0, 0.1) is 6.92 Å².